The van der Waals surface area contributed by atoms with Crippen molar-refractivity contribution in [3.05, 3.63) is 71.8 Å². The second-order valence-corrected chi connectivity index (χ2v) is 30.6. The smallest absolute Gasteiger partial charge is 0.424 e. The van der Waals surface area contributed by atoms with Crippen LogP contribution in [0.25, 0.3) is 0 Å². The predicted octanol–water partition coefficient (Wildman–Crippen LogP) is 7.13. The Labute approximate surface area is 348 Å². The fourth-order valence-electron chi connectivity index (χ4n) is 5.87. The van der Waals surface area contributed by atoms with Gasteiger partial charge in [0.05, 0.1) is 25.4 Å². The van der Waals surface area contributed by atoms with E-state index in [1.165, 1.54) is 11.1 Å². The van der Waals surface area contributed by atoms with Gasteiger partial charge in [-0.3, -0.25) is 0 Å². The maximum Gasteiger partial charge on any atom is 0.502 e. The molecule has 0 radical (unpaired) electrons. The van der Waals surface area contributed by atoms with E-state index in [2.05, 4.69) is 62.4 Å². The Hall–Kier alpha value is 0.308. The number of ether oxygens (including phenoxy) is 2. The summed E-state index contributed by atoms with van der Waals surface area (Å²) >= 11 is 0. The van der Waals surface area contributed by atoms with E-state index in [1.807, 2.05) is 33.7 Å². The summed E-state index contributed by atoms with van der Waals surface area (Å²) in [6.45, 7) is 6.99. The minimum atomic E-state index is -2.82. The summed E-state index contributed by atoms with van der Waals surface area (Å²) in [7, 11) is 9.87. The Morgan fingerprint density at radius 2 is 0.852 bits per heavy atom. The molecule has 0 saturated heterocycles. The van der Waals surface area contributed by atoms with E-state index in [9.17, 15) is 0 Å². The zero-order chi connectivity index (χ0) is 39.3. The summed E-state index contributed by atoms with van der Waals surface area (Å²) in [5.41, 5.74) is 2.59. The predicted molar refractivity (Wildman–Crippen MR) is 240 cm³/mol. The molecule has 310 valence electrons. The highest BCUT2D eigenvalue weighted by atomic mass is 33.7. The molecule has 0 aliphatic carbocycles. The summed E-state index contributed by atoms with van der Waals surface area (Å²) < 4.78 is 60.0. The molecule has 0 bridgehead atoms. The van der Waals surface area contributed by atoms with E-state index in [0.717, 1.165) is 50.0 Å². The Bertz CT molecular complexity index is 1060. The molecule has 18 heteroatoms. The Balaban J connectivity index is 1.69. The molecule has 0 amide bonds. The van der Waals surface area contributed by atoms with Crippen LogP contribution in [0.1, 0.15) is 50.7 Å². The highest BCUT2D eigenvalue weighted by Crippen LogP contribution is 2.45. The molecule has 0 spiro atoms. The van der Waals surface area contributed by atoms with Gasteiger partial charge in [0, 0.05) is 77.7 Å². The average Bonchev–Trinajstić information content (AvgIpc) is 3.20. The van der Waals surface area contributed by atoms with Crippen molar-refractivity contribution in [3.8, 4) is 0 Å². The van der Waals surface area contributed by atoms with E-state index in [4.69, 9.17) is 44.9 Å². The standard InChI is InChI=1S/C36H66O10S4Si4/c1-31(43-25-21-33-15-11-9-12-16-33)19-27-45-51-35(53(37-3,38-4)39-5)23-29-47-49-50-48-30-24-36(54(40-6,41-7)42-8)52-46-28-20-32(2)44-26-22-34-17-13-10-14-18-34/h9-18,31-32,35-36H,19-30,51-52H2,1-8H3. The monoisotopic (exact) mass is 898 g/mol. The molecular formula is C36H66O10S4Si4. The molecule has 0 aromatic heterocycles. The Morgan fingerprint density at radius 3 is 1.19 bits per heavy atom. The largest absolute Gasteiger partial charge is 0.502 e. The molecule has 2 rings (SSSR count). The molecule has 2 aromatic rings. The van der Waals surface area contributed by atoms with Crippen molar-refractivity contribution in [1.29, 1.82) is 0 Å². The fraction of sp³-hybridized carbons (Fsp3) is 0.667. The van der Waals surface area contributed by atoms with Crippen LogP contribution in [0.15, 0.2) is 60.7 Å². The van der Waals surface area contributed by atoms with Crippen LogP contribution < -0.4 is 0 Å². The third-order valence-electron chi connectivity index (χ3n) is 9.18. The minimum Gasteiger partial charge on any atom is -0.424 e. The van der Waals surface area contributed by atoms with Gasteiger partial charge in [-0.1, -0.05) is 82.3 Å². The Kier molecular flexibility index (Phi) is 29.2. The third kappa shape index (κ3) is 19.8. The maximum atomic E-state index is 6.30. The summed E-state index contributed by atoms with van der Waals surface area (Å²) in [6, 6.07) is 20.9. The molecule has 2 aromatic carbocycles. The van der Waals surface area contributed by atoms with Gasteiger partial charge in [-0.15, -0.1) is 0 Å². The summed E-state index contributed by atoms with van der Waals surface area (Å²) in [4.78, 5) is 0. The van der Waals surface area contributed by atoms with Gasteiger partial charge in [-0.25, -0.2) is 0 Å². The van der Waals surface area contributed by atoms with Gasteiger partial charge < -0.3 is 44.9 Å². The highest BCUT2D eigenvalue weighted by molar-refractivity contribution is 9.26. The molecule has 4 atom stereocenters. The highest BCUT2D eigenvalue weighted by Gasteiger charge is 2.48. The van der Waals surface area contributed by atoms with Gasteiger partial charge in [0.15, 0.2) is 19.5 Å². The molecule has 54 heavy (non-hydrogen) atoms. The van der Waals surface area contributed by atoms with Crippen LogP contribution in [0, 0.1) is 0 Å². The SMILES string of the molecule is CO[Si](OC)(OC)C(CCSSSSCCC([SiH2]OCCC(C)OCCc1ccccc1)[Si](OC)(OC)OC)[SiH2]OCCC(C)OCCc1ccccc1. The van der Waals surface area contributed by atoms with Crippen molar-refractivity contribution in [2.75, 3.05) is 80.6 Å². The number of rotatable bonds is 35. The van der Waals surface area contributed by atoms with E-state index in [-0.39, 0.29) is 22.5 Å². The van der Waals surface area contributed by atoms with Crippen LogP contribution in [-0.4, -0.2) is 130 Å². The van der Waals surface area contributed by atoms with Crippen LogP contribution in [0.5, 0.6) is 0 Å². The molecule has 0 heterocycles. The molecule has 10 nitrogen and oxygen atoms in total. The van der Waals surface area contributed by atoms with Crippen LogP contribution in [0.2, 0.25) is 10.3 Å². The summed E-state index contributed by atoms with van der Waals surface area (Å²) in [5, 5.41) is 0.338. The van der Waals surface area contributed by atoms with E-state index in [1.54, 1.807) is 62.3 Å². The van der Waals surface area contributed by atoms with Gasteiger partial charge in [0.25, 0.3) is 0 Å². The second-order valence-electron chi connectivity index (χ2n) is 12.7. The maximum absolute atomic E-state index is 6.30. The summed E-state index contributed by atoms with van der Waals surface area (Å²) in [6.07, 6.45) is 5.68. The van der Waals surface area contributed by atoms with E-state index >= 15 is 0 Å². The normalized spacial score (nSPS) is 15.0. The van der Waals surface area contributed by atoms with Crippen LogP contribution in [0.3, 0.4) is 0 Å². The molecule has 0 N–H and O–H groups in total. The average molecular weight is 900 g/mol. The molecule has 0 fully saturated rings. The molecular weight excluding hydrogens is 833 g/mol. The molecule has 0 aliphatic rings. The van der Waals surface area contributed by atoms with Crippen molar-refractivity contribution in [1.82, 2.24) is 0 Å². The molecule has 0 aliphatic heterocycles. The van der Waals surface area contributed by atoms with Crippen molar-refractivity contribution in [2.45, 2.75) is 74.9 Å². The number of hydrogen-bond donors (Lipinski definition) is 0. The van der Waals surface area contributed by atoms with Gasteiger partial charge in [-0.05, 0) is 83.2 Å². The molecule has 4 unspecified atom stereocenters. The van der Waals surface area contributed by atoms with Gasteiger partial charge in [-0.2, -0.15) is 0 Å². The van der Waals surface area contributed by atoms with Crippen LogP contribution in [-0.2, 0) is 57.7 Å². The van der Waals surface area contributed by atoms with E-state index in [0.29, 0.717) is 26.4 Å². The van der Waals surface area contributed by atoms with Crippen molar-refractivity contribution >= 4 is 78.4 Å². The van der Waals surface area contributed by atoms with Crippen molar-refractivity contribution < 1.29 is 44.9 Å². The van der Waals surface area contributed by atoms with E-state index < -0.39 is 37.1 Å². The quantitative estimate of drug-likeness (QED) is 0.0399. The van der Waals surface area contributed by atoms with Crippen LogP contribution in [0.4, 0.5) is 0 Å². The van der Waals surface area contributed by atoms with Crippen LogP contribution >= 0.6 is 41.2 Å². The Morgan fingerprint density at radius 1 is 0.500 bits per heavy atom. The third-order valence-corrected chi connectivity index (χ3v) is 28.4. The van der Waals surface area contributed by atoms with Gasteiger partial charge in [0.1, 0.15) is 0 Å². The lowest BCUT2D eigenvalue weighted by Gasteiger charge is -2.32. The zero-order valence-electron chi connectivity index (χ0n) is 33.7. The van der Waals surface area contributed by atoms with Crippen molar-refractivity contribution in [2.24, 2.45) is 0 Å². The topological polar surface area (TPSA) is 92.3 Å². The van der Waals surface area contributed by atoms with Gasteiger partial charge in [0.2, 0.25) is 0 Å². The lowest BCUT2D eigenvalue weighted by Crippen LogP contribution is -2.50. The first kappa shape index (κ1) is 50.5. The zero-order valence-corrected chi connectivity index (χ0v) is 41.8. The second kappa shape index (κ2) is 31.3. The lowest BCUT2D eigenvalue weighted by atomic mass is 10.2. The first-order chi connectivity index (χ1) is 26.3. The van der Waals surface area contributed by atoms with Crippen molar-refractivity contribution in [3.63, 3.8) is 0 Å². The first-order valence-electron chi connectivity index (χ1n) is 18.7. The minimum absolute atomic E-state index is 0.142. The number of benzene rings is 2. The summed E-state index contributed by atoms with van der Waals surface area (Å²) in [5.74, 6) is 1.90. The lowest BCUT2D eigenvalue weighted by molar-refractivity contribution is 0.0522. The fourth-order valence-corrected chi connectivity index (χ4v) is 24.4. The first-order valence-corrected chi connectivity index (χ1v) is 30.2. The molecule has 0 saturated carbocycles. The number of hydrogen-bond acceptors (Lipinski definition) is 14. The van der Waals surface area contributed by atoms with Gasteiger partial charge >= 0.3 is 17.6 Å².